The van der Waals surface area contributed by atoms with Crippen LogP contribution in [0.3, 0.4) is 0 Å². The van der Waals surface area contributed by atoms with Crippen LogP contribution < -0.4 is 0 Å². The van der Waals surface area contributed by atoms with Crippen LogP contribution in [0.25, 0.3) is 0 Å². The maximum absolute atomic E-state index is 10.9. The van der Waals surface area contributed by atoms with E-state index in [1.165, 1.54) is 6.92 Å². The molecule has 0 aliphatic heterocycles. The van der Waals surface area contributed by atoms with Gasteiger partial charge < -0.3 is 4.74 Å². The molecule has 0 saturated carbocycles. The van der Waals surface area contributed by atoms with Gasteiger partial charge in [0.05, 0.1) is 0 Å². The molecule has 0 bridgehead atoms. The van der Waals surface area contributed by atoms with Gasteiger partial charge in [0.1, 0.15) is 0 Å². The number of hydrogen-bond acceptors (Lipinski definition) is 2. The molecule has 1 atom stereocenters. The van der Waals surface area contributed by atoms with Gasteiger partial charge in [-0.15, -0.1) is 0 Å². The van der Waals surface area contributed by atoms with E-state index in [0.717, 1.165) is 0 Å². The van der Waals surface area contributed by atoms with Gasteiger partial charge in [-0.1, -0.05) is 65.1 Å². The van der Waals surface area contributed by atoms with E-state index in [0.29, 0.717) is 5.56 Å². The fraction of sp³-hybridized carbons (Fsp3) is 0.300. The fourth-order valence-corrected chi connectivity index (χ4v) is 1.63. The lowest BCUT2D eigenvalue weighted by atomic mass is 10.1. The Balaban J connectivity index is 2.97. The highest BCUT2D eigenvalue weighted by Crippen LogP contribution is 2.42. The van der Waals surface area contributed by atoms with E-state index in [9.17, 15) is 4.79 Å². The molecular formula is C10H9Cl3O2. The van der Waals surface area contributed by atoms with E-state index in [2.05, 4.69) is 0 Å². The Hall–Kier alpha value is -0.440. The van der Waals surface area contributed by atoms with Crippen LogP contribution in [0.15, 0.2) is 30.3 Å². The van der Waals surface area contributed by atoms with Crippen molar-refractivity contribution in [2.45, 2.75) is 16.8 Å². The SMILES string of the molecule is CC(=O)OC(c1ccccc1)C(Cl)(Cl)Cl. The van der Waals surface area contributed by atoms with E-state index >= 15 is 0 Å². The molecular weight excluding hydrogens is 258 g/mol. The minimum Gasteiger partial charge on any atom is -0.453 e. The summed E-state index contributed by atoms with van der Waals surface area (Å²) >= 11 is 17.2. The first-order valence-electron chi connectivity index (χ1n) is 4.20. The molecule has 1 aromatic rings. The average Bonchev–Trinajstić information content (AvgIpc) is 2.14. The zero-order chi connectivity index (χ0) is 11.5. The predicted molar refractivity (Wildman–Crippen MR) is 61.2 cm³/mol. The van der Waals surface area contributed by atoms with Crippen molar-refractivity contribution in [2.24, 2.45) is 0 Å². The molecule has 82 valence electrons. The number of halogens is 3. The van der Waals surface area contributed by atoms with Gasteiger partial charge in [-0.3, -0.25) is 4.79 Å². The minimum atomic E-state index is -1.67. The van der Waals surface area contributed by atoms with Gasteiger partial charge in [-0.2, -0.15) is 0 Å². The van der Waals surface area contributed by atoms with E-state index in [1.807, 2.05) is 6.07 Å². The van der Waals surface area contributed by atoms with Gasteiger partial charge in [-0.05, 0) is 5.56 Å². The monoisotopic (exact) mass is 266 g/mol. The van der Waals surface area contributed by atoms with Crippen molar-refractivity contribution in [1.82, 2.24) is 0 Å². The first-order chi connectivity index (χ1) is 6.91. The summed E-state index contributed by atoms with van der Waals surface area (Å²) in [6.45, 7) is 1.27. The van der Waals surface area contributed by atoms with E-state index in [1.54, 1.807) is 24.3 Å². The van der Waals surface area contributed by atoms with Crippen LogP contribution >= 0.6 is 34.8 Å². The molecule has 1 rings (SSSR count). The van der Waals surface area contributed by atoms with E-state index in [4.69, 9.17) is 39.5 Å². The highest BCUT2D eigenvalue weighted by atomic mass is 35.6. The Labute approximate surface area is 103 Å². The molecule has 1 aromatic carbocycles. The normalized spacial score (nSPS) is 13.3. The van der Waals surface area contributed by atoms with Crippen molar-refractivity contribution in [2.75, 3.05) is 0 Å². The molecule has 0 aliphatic rings. The largest absolute Gasteiger partial charge is 0.453 e. The van der Waals surface area contributed by atoms with Crippen LogP contribution in [0.4, 0.5) is 0 Å². The molecule has 0 spiro atoms. The second-order valence-electron chi connectivity index (χ2n) is 2.94. The van der Waals surface area contributed by atoms with Crippen LogP contribution in [0.1, 0.15) is 18.6 Å². The van der Waals surface area contributed by atoms with Crippen molar-refractivity contribution in [1.29, 1.82) is 0 Å². The Morgan fingerprint density at radius 2 is 1.80 bits per heavy atom. The third kappa shape index (κ3) is 3.90. The smallest absolute Gasteiger partial charge is 0.303 e. The van der Waals surface area contributed by atoms with Gasteiger partial charge in [0.2, 0.25) is 3.79 Å². The first-order valence-corrected chi connectivity index (χ1v) is 5.33. The molecule has 1 unspecified atom stereocenters. The molecule has 0 fully saturated rings. The summed E-state index contributed by atoms with van der Waals surface area (Å²) in [5, 5.41) is 0. The maximum Gasteiger partial charge on any atom is 0.303 e. The standard InChI is InChI=1S/C10H9Cl3O2/c1-7(14)15-9(10(11,12)13)8-5-3-2-4-6-8/h2-6,9H,1H3. The lowest BCUT2D eigenvalue weighted by Crippen LogP contribution is -2.22. The highest BCUT2D eigenvalue weighted by molar-refractivity contribution is 6.68. The van der Waals surface area contributed by atoms with Gasteiger partial charge >= 0.3 is 5.97 Å². The summed E-state index contributed by atoms with van der Waals surface area (Å²) in [5.41, 5.74) is 0.646. The summed E-state index contributed by atoms with van der Waals surface area (Å²) in [6, 6.07) is 8.85. The molecule has 0 radical (unpaired) electrons. The quantitative estimate of drug-likeness (QED) is 0.604. The van der Waals surface area contributed by atoms with Gasteiger partial charge in [0, 0.05) is 6.92 Å². The van der Waals surface area contributed by atoms with Crippen LogP contribution in [0, 0.1) is 0 Å². The van der Waals surface area contributed by atoms with Crippen LogP contribution in [0.5, 0.6) is 0 Å². The lowest BCUT2D eigenvalue weighted by Gasteiger charge is -2.24. The zero-order valence-electron chi connectivity index (χ0n) is 7.91. The van der Waals surface area contributed by atoms with Crippen molar-refractivity contribution in [3.05, 3.63) is 35.9 Å². The summed E-state index contributed by atoms with van der Waals surface area (Å²) < 4.78 is 3.29. The number of ether oxygens (including phenoxy) is 1. The van der Waals surface area contributed by atoms with E-state index in [-0.39, 0.29) is 0 Å². The first kappa shape index (κ1) is 12.6. The zero-order valence-corrected chi connectivity index (χ0v) is 10.2. The maximum atomic E-state index is 10.9. The van der Waals surface area contributed by atoms with Crippen molar-refractivity contribution in [3.8, 4) is 0 Å². The second kappa shape index (κ2) is 5.06. The van der Waals surface area contributed by atoms with Crippen LogP contribution in [-0.2, 0) is 9.53 Å². The molecule has 15 heavy (non-hydrogen) atoms. The average molecular weight is 268 g/mol. The second-order valence-corrected chi connectivity index (χ2v) is 5.31. The number of rotatable bonds is 2. The molecule has 0 aromatic heterocycles. The van der Waals surface area contributed by atoms with Crippen molar-refractivity contribution < 1.29 is 9.53 Å². The summed E-state index contributed by atoms with van der Waals surface area (Å²) in [5.74, 6) is -0.491. The Morgan fingerprint density at radius 1 is 1.27 bits per heavy atom. The third-order valence-electron chi connectivity index (χ3n) is 1.68. The van der Waals surface area contributed by atoms with E-state index < -0.39 is 15.9 Å². The number of esters is 1. The molecule has 5 heteroatoms. The summed E-state index contributed by atoms with van der Waals surface area (Å²) in [6.07, 6.45) is -0.888. The molecule has 0 saturated heterocycles. The van der Waals surface area contributed by atoms with Crippen LogP contribution in [-0.4, -0.2) is 9.76 Å². The molecule has 0 amide bonds. The van der Waals surface area contributed by atoms with Crippen molar-refractivity contribution in [3.63, 3.8) is 0 Å². The molecule has 0 aliphatic carbocycles. The molecule has 0 N–H and O–H groups in total. The molecule has 2 nitrogen and oxygen atoms in total. The summed E-state index contributed by atoms with van der Waals surface area (Å²) in [7, 11) is 0. The van der Waals surface area contributed by atoms with Crippen molar-refractivity contribution >= 4 is 40.8 Å². The topological polar surface area (TPSA) is 26.3 Å². The number of benzene rings is 1. The number of alkyl halides is 3. The number of hydrogen-bond donors (Lipinski definition) is 0. The molecule has 0 heterocycles. The predicted octanol–water partition coefficient (Wildman–Crippen LogP) is 3.66. The number of carbonyl (C=O) groups excluding carboxylic acids is 1. The highest BCUT2D eigenvalue weighted by Gasteiger charge is 2.36. The lowest BCUT2D eigenvalue weighted by molar-refractivity contribution is -0.146. The summed E-state index contributed by atoms with van der Waals surface area (Å²) in [4.78, 5) is 10.9. The van der Waals surface area contributed by atoms with Gasteiger partial charge in [-0.25, -0.2) is 0 Å². The van der Waals surface area contributed by atoms with Gasteiger partial charge in [0.25, 0.3) is 0 Å². The van der Waals surface area contributed by atoms with Gasteiger partial charge in [0.15, 0.2) is 6.10 Å². The third-order valence-corrected chi connectivity index (χ3v) is 2.28. The Bertz CT molecular complexity index is 332. The Kier molecular flexibility index (Phi) is 4.26. The Morgan fingerprint density at radius 3 is 2.20 bits per heavy atom. The number of carbonyl (C=O) groups is 1. The minimum absolute atomic E-state index is 0.491. The fourth-order valence-electron chi connectivity index (χ4n) is 1.12. The van der Waals surface area contributed by atoms with Crippen LogP contribution in [0.2, 0.25) is 0 Å².